The summed E-state index contributed by atoms with van der Waals surface area (Å²) in [6.07, 6.45) is 1.59. The first-order valence-corrected chi connectivity index (χ1v) is 6.71. The maximum atomic E-state index is 11.2. The van der Waals surface area contributed by atoms with Crippen LogP contribution in [0.25, 0.3) is 0 Å². The Labute approximate surface area is 109 Å². The van der Waals surface area contributed by atoms with E-state index < -0.39 is 6.10 Å². The first-order valence-electron chi connectivity index (χ1n) is 6.71. The van der Waals surface area contributed by atoms with Crippen LogP contribution in [-0.2, 0) is 14.3 Å². The van der Waals surface area contributed by atoms with Crippen LogP contribution in [0.15, 0.2) is 0 Å². The van der Waals surface area contributed by atoms with Gasteiger partial charge in [-0.3, -0.25) is 4.79 Å². The molecule has 0 amide bonds. The molecule has 0 aromatic rings. The molecule has 1 rings (SSSR count). The van der Waals surface area contributed by atoms with Gasteiger partial charge >= 0.3 is 5.97 Å². The first kappa shape index (κ1) is 15.4. The SMILES string of the molecule is CCOC(=O)CC(O)CN(C)CC1CCOCC1. The van der Waals surface area contributed by atoms with Crippen LogP contribution in [0, 0.1) is 5.92 Å². The summed E-state index contributed by atoms with van der Waals surface area (Å²) in [4.78, 5) is 13.3. The van der Waals surface area contributed by atoms with Gasteiger partial charge in [-0.25, -0.2) is 0 Å². The van der Waals surface area contributed by atoms with Crippen molar-refractivity contribution in [2.45, 2.75) is 32.3 Å². The van der Waals surface area contributed by atoms with E-state index in [4.69, 9.17) is 9.47 Å². The summed E-state index contributed by atoms with van der Waals surface area (Å²) >= 11 is 0. The molecule has 18 heavy (non-hydrogen) atoms. The van der Waals surface area contributed by atoms with Crippen molar-refractivity contribution in [3.05, 3.63) is 0 Å². The van der Waals surface area contributed by atoms with Crippen LogP contribution in [-0.4, -0.2) is 62.0 Å². The van der Waals surface area contributed by atoms with E-state index in [0.29, 0.717) is 19.1 Å². The van der Waals surface area contributed by atoms with E-state index in [9.17, 15) is 9.90 Å². The van der Waals surface area contributed by atoms with Crippen molar-refractivity contribution in [1.82, 2.24) is 4.90 Å². The van der Waals surface area contributed by atoms with Gasteiger partial charge in [0.1, 0.15) is 0 Å². The average molecular weight is 259 g/mol. The normalized spacial score (nSPS) is 18.9. The molecular formula is C13H25NO4. The zero-order chi connectivity index (χ0) is 13.4. The van der Waals surface area contributed by atoms with Gasteiger partial charge in [0.15, 0.2) is 0 Å². The van der Waals surface area contributed by atoms with Gasteiger partial charge in [0.2, 0.25) is 0 Å². The Morgan fingerprint density at radius 3 is 2.78 bits per heavy atom. The Kier molecular flexibility index (Phi) is 7.23. The first-order chi connectivity index (χ1) is 8.61. The van der Waals surface area contributed by atoms with E-state index >= 15 is 0 Å². The second-order valence-corrected chi connectivity index (χ2v) is 4.94. The predicted molar refractivity (Wildman–Crippen MR) is 68.3 cm³/mol. The molecule has 1 aliphatic heterocycles. The molecule has 1 aliphatic rings. The summed E-state index contributed by atoms with van der Waals surface area (Å²) in [5.74, 6) is 0.308. The van der Waals surface area contributed by atoms with Crippen molar-refractivity contribution < 1.29 is 19.4 Å². The van der Waals surface area contributed by atoms with E-state index in [2.05, 4.69) is 4.90 Å². The van der Waals surface area contributed by atoms with E-state index in [1.807, 2.05) is 7.05 Å². The lowest BCUT2D eigenvalue weighted by Gasteiger charge is -2.28. The average Bonchev–Trinajstić information content (AvgIpc) is 2.29. The molecule has 1 atom stereocenters. The largest absolute Gasteiger partial charge is 0.466 e. The van der Waals surface area contributed by atoms with Gasteiger partial charge in [-0.15, -0.1) is 0 Å². The molecule has 0 saturated carbocycles. The molecule has 1 N–H and O–H groups in total. The third-order valence-corrected chi connectivity index (χ3v) is 3.14. The minimum Gasteiger partial charge on any atom is -0.466 e. The third-order valence-electron chi connectivity index (χ3n) is 3.14. The van der Waals surface area contributed by atoms with Crippen LogP contribution < -0.4 is 0 Å². The van der Waals surface area contributed by atoms with Crippen LogP contribution in [0.2, 0.25) is 0 Å². The fraction of sp³-hybridized carbons (Fsp3) is 0.923. The van der Waals surface area contributed by atoms with Crippen molar-refractivity contribution >= 4 is 5.97 Å². The number of esters is 1. The lowest BCUT2D eigenvalue weighted by molar-refractivity contribution is -0.145. The standard InChI is InChI=1S/C13H25NO4/c1-3-18-13(16)8-12(15)10-14(2)9-11-4-6-17-7-5-11/h11-12,15H,3-10H2,1-2H3. The van der Waals surface area contributed by atoms with Crippen molar-refractivity contribution in [2.24, 2.45) is 5.92 Å². The van der Waals surface area contributed by atoms with Crippen LogP contribution >= 0.6 is 0 Å². The Balaban J connectivity index is 2.17. The molecule has 0 radical (unpaired) electrons. The van der Waals surface area contributed by atoms with Crippen molar-refractivity contribution in [3.63, 3.8) is 0 Å². The summed E-state index contributed by atoms with van der Waals surface area (Å²) in [7, 11) is 1.98. The number of ether oxygens (including phenoxy) is 2. The highest BCUT2D eigenvalue weighted by Gasteiger charge is 2.18. The molecular weight excluding hydrogens is 234 g/mol. The molecule has 1 heterocycles. The fourth-order valence-electron chi connectivity index (χ4n) is 2.28. The van der Waals surface area contributed by atoms with Gasteiger partial charge in [0.05, 0.1) is 19.1 Å². The molecule has 1 saturated heterocycles. The number of hydrogen-bond donors (Lipinski definition) is 1. The second-order valence-electron chi connectivity index (χ2n) is 4.94. The topological polar surface area (TPSA) is 59.0 Å². The minimum atomic E-state index is -0.645. The zero-order valence-corrected chi connectivity index (χ0v) is 11.4. The molecule has 1 unspecified atom stereocenters. The molecule has 5 nitrogen and oxygen atoms in total. The van der Waals surface area contributed by atoms with E-state index in [1.54, 1.807) is 6.92 Å². The molecule has 5 heteroatoms. The van der Waals surface area contributed by atoms with Gasteiger partial charge < -0.3 is 19.5 Å². The Morgan fingerprint density at radius 2 is 2.17 bits per heavy atom. The van der Waals surface area contributed by atoms with Crippen LogP contribution in [0.5, 0.6) is 0 Å². The second kappa shape index (κ2) is 8.45. The quantitative estimate of drug-likeness (QED) is 0.681. The molecule has 0 aromatic carbocycles. The summed E-state index contributed by atoms with van der Waals surface area (Å²) < 4.78 is 10.1. The van der Waals surface area contributed by atoms with E-state index in [-0.39, 0.29) is 12.4 Å². The van der Waals surface area contributed by atoms with Gasteiger partial charge in [-0.05, 0) is 32.7 Å². The maximum absolute atomic E-state index is 11.2. The highest BCUT2D eigenvalue weighted by atomic mass is 16.5. The fourth-order valence-corrected chi connectivity index (χ4v) is 2.28. The third kappa shape index (κ3) is 6.33. The Morgan fingerprint density at radius 1 is 1.50 bits per heavy atom. The minimum absolute atomic E-state index is 0.0754. The lowest BCUT2D eigenvalue weighted by atomic mass is 10.00. The number of likely N-dealkylation sites (N-methyl/N-ethyl adjacent to an activating group) is 1. The highest BCUT2D eigenvalue weighted by Crippen LogP contribution is 2.15. The summed E-state index contributed by atoms with van der Waals surface area (Å²) in [6, 6.07) is 0. The molecule has 0 aromatic heterocycles. The van der Waals surface area contributed by atoms with Crippen LogP contribution in [0.4, 0.5) is 0 Å². The number of aliphatic hydroxyl groups excluding tert-OH is 1. The summed E-state index contributed by atoms with van der Waals surface area (Å²) in [5, 5.41) is 9.78. The van der Waals surface area contributed by atoms with Crippen LogP contribution in [0.3, 0.4) is 0 Å². The summed E-state index contributed by atoms with van der Waals surface area (Å²) in [5.41, 5.74) is 0. The number of carbonyl (C=O) groups is 1. The number of hydrogen-bond acceptors (Lipinski definition) is 5. The Bertz CT molecular complexity index is 241. The molecule has 0 spiro atoms. The monoisotopic (exact) mass is 259 g/mol. The van der Waals surface area contributed by atoms with Crippen molar-refractivity contribution in [2.75, 3.05) is 40.0 Å². The summed E-state index contributed by atoms with van der Waals surface area (Å²) in [6.45, 7) is 5.26. The molecule has 0 bridgehead atoms. The van der Waals surface area contributed by atoms with Crippen molar-refractivity contribution in [1.29, 1.82) is 0 Å². The number of nitrogens with zero attached hydrogens (tertiary/aromatic N) is 1. The van der Waals surface area contributed by atoms with Gasteiger partial charge in [-0.2, -0.15) is 0 Å². The number of carbonyl (C=O) groups excluding carboxylic acids is 1. The van der Waals surface area contributed by atoms with E-state index in [1.165, 1.54) is 0 Å². The van der Waals surface area contributed by atoms with Gasteiger partial charge in [0.25, 0.3) is 0 Å². The molecule has 1 fully saturated rings. The van der Waals surface area contributed by atoms with Crippen LogP contribution in [0.1, 0.15) is 26.2 Å². The molecule has 0 aliphatic carbocycles. The maximum Gasteiger partial charge on any atom is 0.308 e. The van der Waals surface area contributed by atoms with Gasteiger partial charge in [0, 0.05) is 26.3 Å². The van der Waals surface area contributed by atoms with Gasteiger partial charge in [-0.1, -0.05) is 0 Å². The number of aliphatic hydroxyl groups is 1. The smallest absolute Gasteiger partial charge is 0.308 e. The highest BCUT2D eigenvalue weighted by molar-refractivity contribution is 5.69. The predicted octanol–water partition coefficient (Wildman–Crippen LogP) is 0.659. The molecule has 106 valence electrons. The van der Waals surface area contributed by atoms with Crippen molar-refractivity contribution in [3.8, 4) is 0 Å². The zero-order valence-electron chi connectivity index (χ0n) is 11.4. The lowest BCUT2D eigenvalue weighted by Crippen LogP contribution is -2.36. The number of rotatable bonds is 7. The van der Waals surface area contributed by atoms with E-state index in [0.717, 1.165) is 32.6 Å². The Hall–Kier alpha value is -0.650.